The molecule has 0 aromatic heterocycles. The molecule has 3 rings (SSSR count). The Morgan fingerprint density at radius 1 is 1.24 bits per heavy atom. The zero-order valence-electron chi connectivity index (χ0n) is 11.3. The number of nitrogens with one attached hydrogen (secondary N) is 1. The minimum atomic E-state index is -3.57. The molecular weight excluding hydrogens is 355 g/mol. The average molecular weight is 372 g/mol. The highest BCUT2D eigenvalue weighted by Gasteiger charge is 2.44. The van der Waals surface area contributed by atoms with Gasteiger partial charge in [-0.15, -0.1) is 12.4 Å². The first kappa shape index (κ1) is 17.3. The SMILES string of the molecule is Cl.O=S(=O)(c1cc(Cl)ccc1Cl)N1CCC2(CCNC2)C1. The van der Waals surface area contributed by atoms with Crippen LogP contribution in [0.1, 0.15) is 12.8 Å². The summed E-state index contributed by atoms with van der Waals surface area (Å²) >= 11 is 11.9. The molecule has 1 unspecified atom stereocenters. The third-order valence-corrected chi connectivity index (χ3v) is 6.81. The molecule has 2 saturated heterocycles. The summed E-state index contributed by atoms with van der Waals surface area (Å²) in [5.74, 6) is 0. The molecule has 1 spiro atoms. The number of hydrogen-bond acceptors (Lipinski definition) is 3. The molecule has 1 aromatic carbocycles. The summed E-state index contributed by atoms with van der Waals surface area (Å²) in [5.41, 5.74) is 0.0954. The summed E-state index contributed by atoms with van der Waals surface area (Å²) in [7, 11) is -3.57. The first-order valence-electron chi connectivity index (χ1n) is 6.59. The van der Waals surface area contributed by atoms with Gasteiger partial charge in [0.2, 0.25) is 10.0 Å². The van der Waals surface area contributed by atoms with Gasteiger partial charge in [0.1, 0.15) is 4.90 Å². The monoisotopic (exact) mass is 370 g/mol. The minimum absolute atomic E-state index is 0. The van der Waals surface area contributed by atoms with E-state index >= 15 is 0 Å². The van der Waals surface area contributed by atoms with E-state index in [1.54, 1.807) is 6.07 Å². The van der Waals surface area contributed by atoms with Gasteiger partial charge in [0.05, 0.1) is 5.02 Å². The largest absolute Gasteiger partial charge is 0.316 e. The van der Waals surface area contributed by atoms with E-state index in [2.05, 4.69) is 5.32 Å². The van der Waals surface area contributed by atoms with E-state index in [1.807, 2.05) is 0 Å². The van der Waals surface area contributed by atoms with E-state index in [0.717, 1.165) is 25.9 Å². The van der Waals surface area contributed by atoms with Crippen LogP contribution in [0.25, 0.3) is 0 Å². The molecule has 2 aliphatic heterocycles. The number of sulfonamides is 1. The van der Waals surface area contributed by atoms with Crippen molar-refractivity contribution in [3.8, 4) is 0 Å². The summed E-state index contributed by atoms with van der Waals surface area (Å²) in [6, 6.07) is 4.55. The highest BCUT2D eigenvalue weighted by Crippen LogP contribution is 2.39. The molecule has 4 nitrogen and oxygen atoms in total. The predicted molar refractivity (Wildman–Crippen MR) is 87.0 cm³/mol. The molecule has 21 heavy (non-hydrogen) atoms. The standard InChI is InChI=1S/C13H16Cl2N2O2S.ClH/c14-10-1-2-11(15)12(7-10)20(18,19)17-6-4-13(9-17)3-5-16-8-13;/h1-2,7,16H,3-6,8-9H2;1H. The smallest absolute Gasteiger partial charge is 0.244 e. The minimum Gasteiger partial charge on any atom is -0.316 e. The Hall–Kier alpha value is -0.0400. The highest BCUT2D eigenvalue weighted by atomic mass is 35.5. The van der Waals surface area contributed by atoms with Gasteiger partial charge < -0.3 is 5.32 Å². The molecule has 0 bridgehead atoms. The van der Waals surface area contributed by atoms with E-state index < -0.39 is 10.0 Å². The van der Waals surface area contributed by atoms with E-state index in [4.69, 9.17) is 23.2 Å². The Morgan fingerprint density at radius 3 is 2.67 bits per heavy atom. The zero-order chi connectivity index (χ0) is 14.4. The van der Waals surface area contributed by atoms with Crippen LogP contribution in [0.4, 0.5) is 0 Å². The van der Waals surface area contributed by atoms with E-state index in [9.17, 15) is 8.42 Å². The summed E-state index contributed by atoms with van der Waals surface area (Å²) < 4.78 is 27.0. The van der Waals surface area contributed by atoms with Crippen molar-refractivity contribution in [2.24, 2.45) is 5.41 Å². The van der Waals surface area contributed by atoms with Crippen molar-refractivity contribution in [2.75, 3.05) is 26.2 Å². The maximum absolute atomic E-state index is 12.7. The molecule has 0 saturated carbocycles. The Bertz CT molecular complexity index is 630. The van der Waals surface area contributed by atoms with Crippen LogP contribution < -0.4 is 5.32 Å². The van der Waals surface area contributed by atoms with Crippen LogP contribution >= 0.6 is 35.6 Å². The van der Waals surface area contributed by atoms with Gasteiger partial charge in [-0.25, -0.2) is 8.42 Å². The first-order valence-corrected chi connectivity index (χ1v) is 8.79. The second-order valence-corrected chi connectivity index (χ2v) is 8.34. The van der Waals surface area contributed by atoms with Crippen LogP contribution in [0.5, 0.6) is 0 Å². The second-order valence-electron chi connectivity index (χ2n) is 5.59. The molecule has 2 aliphatic rings. The van der Waals surface area contributed by atoms with Crippen molar-refractivity contribution >= 4 is 45.6 Å². The lowest BCUT2D eigenvalue weighted by Gasteiger charge is -2.23. The Morgan fingerprint density at radius 2 is 2.00 bits per heavy atom. The number of benzene rings is 1. The highest BCUT2D eigenvalue weighted by molar-refractivity contribution is 7.89. The summed E-state index contributed by atoms with van der Waals surface area (Å²) in [6.07, 6.45) is 1.93. The second kappa shape index (κ2) is 6.22. The maximum Gasteiger partial charge on any atom is 0.244 e. The number of rotatable bonds is 2. The summed E-state index contributed by atoms with van der Waals surface area (Å²) in [4.78, 5) is 0.106. The lowest BCUT2D eigenvalue weighted by Crippen LogP contribution is -2.33. The van der Waals surface area contributed by atoms with Crippen molar-refractivity contribution in [3.05, 3.63) is 28.2 Å². The van der Waals surface area contributed by atoms with Crippen molar-refractivity contribution in [3.63, 3.8) is 0 Å². The Kier molecular flexibility index (Phi) is 5.13. The third kappa shape index (κ3) is 3.19. The van der Waals surface area contributed by atoms with Gasteiger partial charge in [0.15, 0.2) is 0 Å². The van der Waals surface area contributed by atoms with Crippen molar-refractivity contribution in [1.82, 2.24) is 9.62 Å². The molecule has 8 heteroatoms. The van der Waals surface area contributed by atoms with Gasteiger partial charge in [-0.3, -0.25) is 0 Å². The fourth-order valence-corrected chi connectivity index (χ4v) is 5.35. The van der Waals surface area contributed by atoms with Crippen LogP contribution in [0, 0.1) is 5.41 Å². The Balaban J connectivity index is 0.00000161. The van der Waals surface area contributed by atoms with Gasteiger partial charge in [-0.05, 0) is 43.0 Å². The first-order chi connectivity index (χ1) is 9.43. The lowest BCUT2D eigenvalue weighted by atomic mass is 9.87. The van der Waals surface area contributed by atoms with Gasteiger partial charge in [0.25, 0.3) is 0 Å². The van der Waals surface area contributed by atoms with Crippen LogP contribution in [0.2, 0.25) is 10.0 Å². The predicted octanol–water partition coefficient (Wildman–Crippen LogP) is 2.79. The maximum atomic E-state index is 12.7. The molecule has 0 radical (unpaired) electrons. The number of nitrogens with zero attached hydrogens (tertiary/aromatic N) is 1. The number of halogens is 3. The third-order valence-electron chi connectivity index (χ3n) is 4.25. The Labute approximate surface area is 141 Å². The average Bonchev–Trinajstić information content (AvgIpc) is 3.04. The van der Waals surface area contributed by atoms with E-state index in [0.29, 0.717) is 18.1 Å². The van der Waals surface area contributed by atoms with Gasteiger partial charge in [0, 0.05) is 24.7 Å². The molecule has 0 aliphatic carbocycles. The summed E-state index contributed by atoms with van der Waals surface area (Å²) in [5, 5.41) is 3.92. The number of hydrogen-bond donors (Lipinski definition) is 1. The molecular formula is C13H17Cl3N2O2S. The van der Waals surface area contributed by atoms with Gasteiger partial charge in [-0.1, -0.05) is 23.2 Å². The van der Waals surface area contributed by atoms with Crippen molar-refractivity contribution in [2.45, 2.75) is 17.7 Å². The van der Waals surface area contributed by atoms with Crippen LogP contribution in [0.3, 0.4) is 0 Å². The molecule has 0 amide bonds. The zero-order valence-corrected chi connectivity index (χ0v) is 14.5. The van der Waals surface area contributed by atoms with Crippen molar-refractivity contribution < 1.29 is 8.42 Å². The van der Waals surface area contributed by atoms with Crippen LogP contribution in [-0.4, -0.2) is 38.9 Å². The topological polar surface area (TPSA) is 49.4 Å². The van der Waals surface area contributed by atoms with Crippen LogP contribution in [0.15, 0.2) is 23.1 Å². The fourth-order valence-electron chi connectivity index (χ4n) is 3.06. The lowest BCUT2D eigenvalue weighted by molar-refractivity contribution is 0.338. The van der Waals surface area contributed by atoms with Gasteiger partial charge in [-0.2, -0.15) is 4.31 Å². The fraction of sp³-hybridized carbons (Fsp3) is 0.538. The molecule has 1 aromatic rings. The molecule has 2 fully saturated rings. The van der Waals surface area contributed by atoms with Gasteiger partial charge >= 0.3 is 0 Å². The molecule has 2 heterocycles. The molecule has 1 atom stereocenters. The quantitative estimate of drug-likeness (QED) is 0.869. The normalized spacial score (nSPS) is 26.2. The summed E-state index contributed by atoms with van der Waals surface area (Å²) in [6.45, 7) is 2.96. The van der Waals surface area contributed by atoms with E-state index in [1.165, 1.54) is 16.4 Å². The van der Waals surface area contributed by atoms with Crippen LogP contribution in [-0.2, 0) is 10.0 Å². The van der Waals surface area contributed by atoms with Crippen molar-refractivity contribution in [1.29, 1.82) is 0 Å². The van der Waals surface area contributed by atoms with E-state index in [-0.39, 0.29) is 27.7 Å². The molecule has 1 N–H and O–H groups in total. The molecule has 118 valence electrons.